The molecule has 5 nitrogen and oxygen atoms in total. The Morgan fingerprint density at radius 1 is 1.09 bits per heavy atom. The molecule has 1 aliphatic carbocycles. The van der Waals surface area contributed by atoms with Crippen LogP contribution in [-0.4, -0.2) is 34.0 Å². The van der Waals surface area contributed by atoms with E-state index < -0.39 is 21.8 Å². The first-order valence-corrected chi connectivity index (χ1v) is 12.7. The lowest BCUT2D eigenvalue weighted by molar-refractivity contribution is -0.137. The van der Waals surface area contributed by atoms with Gasteiger partial charge >= 0.3 is 6.18 Å². The van der Waals surface area contributed by atoms with Gasteiger partial charge in [0.1, 0.15) is 5.78 Å². The van der Waals surface area contributed by atoms with Gasteiger partial charge in [-0.1, -0.05) is 30.3 Å². The zero-order valence-electron chi connectivity index (χ0n) is 18.5. The van der Waals surface area contributed by atoms with E-state index in [1.54, 1.807) is 6.07 Å². The summed E-state index contributed by atoms with van der Waals surface area (Å²) in [6.45, 7) is 1.33. The van der Waals surface area contributed by atoms with Crippen molar-refractivity contribution >= 4 is 21.4 Å². The molecule has 4 rings (SSSR count). The van der Waals surface area contributed by atoms with Gasteiger partial charge in [-0.05, 0) is 65.6 Å². The molecule has 1 heterocycles. The minimum absolute atomic E-state index is 0.0754. The molecule has 9 heteroatoms. The van der Waals surface area contributed by atoms with E-state index in [1.807, 2.05) is 6.08 Å². The minimum Gasteiger partial charge on any atom is -0.377 e. The third-order valence-corrected chi connectivity index (χ3v) is 7.42. The van der Waals surface area contributed by atoms with Crippen LogP contribution in [0, 0.1) is 5.92 Å². The number of carbonyl (C=O) groups is 1. The third-order valence-electron chi connectivity index (χ3n) is 6.00. The minimum atomic E-state index is -4.49. The zero-order valence-corrected chi connectivity index (χ0v) is 19.3. The first-order chi connectivity index (χ1) is 16.1. The number of rotatable bonds is 9. The van der Waals surface area contributed by atoms with Crippen molar-refractivity contribution in [3.05, 3.63) is 70.8 Å². The molecule has 0 amide bonds. The summed E-state index contributed by atoms with van der Waals surface area (Å²) in [6.07, 6.45) is -0.212. The van der Waals surface area contributed by atoms with Crippen LogP contribution in [0.3, 0.4) is 0 Å². The highest BCUT2D eigenvalue weighted by Gasteiger charge is 2.30. The summed E-state index contributed by atoms with van der Waals surface area (Å²) in [6, 6.07) is 9.44. The van der Waals surface area contributed by atoms with Gasteiger partial charge in [-0.15, -0.1) is 0 Å². The molecule has 2 aliphatic rings. The number of Topliss-reactive ketones (excluding diaryl/α,β-unsaturated/α-hetero) is 1. The van der Waals surface area contributed by atoms with Crippen LogP contribution in [0.5, 0.6) is 0 Å². The molecule has 0 bridgehead atoms. The Morgan fingerprint density at radius 2 is 1.88 bits per heavy atom. The smallest absolute Gasteiger partial charge is 0.377 e. The number of ketones is 1. The lowest BCUT2D eigenvalue weighted by Gasteiger charge is -2.18. The molecule has 0 spiro atoms. The average Bonchev–Trinajstić information content (AvgIpc) is 3.63. The summed E-state index contributed by atoms with van der Waals surface area (Å²) >= 11 is 0. The lowest BCUT2D eigenvalue weighted by atomic mass is 9.92. The van der Waals surface area contributed by atoms with Gasteiger partial charge < -0.3 is 4.74 Å². The summed E-state index contributed by atoms with van der Waals surface area (Å²) < 4.78 is 72.6. The Labute approximate surface area is 197 Å². The molecule has 34 heavy (non-hydrogen) atoms. The van der Waals surface area contributed by atoms with Crippen LogP contribution in [0.25, 0.3) is 5.57 Å². The Bertz CT molecular complexity index is 1200. The number of alkyl halides is 3. The van der Waals surface area contributed by atoms with Crippen molar-refractivity contribution in [2.24, 2.45) is 5.92 Å². The fourth-order valence-corrected chi connectivity index (χ4v) is 5.13. The molecule has 0 saturated heterocycles. The van der Waals surface area contributed by atoms with Gasteiger partial charge in [0.25, 0.3) is 0 Å². The first kappa shape index (κ1) is 24.6. The molecule has 2 aromatic carbocycles. The van der Waals surface area contributed by atoms with Gasteiger partial charge in [0.15, 0.2) is 0 Å². The van der Waals surface area contributed by atoms with Gasteiger partial charge in [0.2, 0.25) is 10.0 Å². The quantitative estimate of drug-likeness (QED) is 0.556. The molecule has 1 aliphatic heterocycles. The SMILES string of the molecule is O=C(Cc1cccc(C(F)(F)F)c1)Cc1cc(S(=O)(=O)NCC2CC2)ccc1C1=CCOCC1. The Balaban J connectivity index is 1.58. The van der Waals surface area contributed by atoms with E-state index in [0.29, 0.717) is 37.7 Å². The maximum Gasteiger partial charge on any atom is 0.416 e. The van der Waals surface area contributed by atoms with Crippen LogP contribution < -0.4 is 4.72 Å². The zero-order chi connectivity index (χ0) is 24.3. The maximum atomic E-state index is 13.0. The average molecular weight is 494 g/mol. The van der Waals surface area contributed by atoms with Gasteiger partial charge in [0, 0.05) is 19.4 Å². The van der Waals surface area contributed by atoms with Gasteiger partial charge in [-0.2, -0.15) is 13.2 Å². The molecular formula is C25H26F3NO4S. The summed E-state index contributed by atoms with van der Waals surface area (Å²) in [5.74, 6) is 0.0728. The van der Waals surface area contributed by atoms with Crippen molar-refractivity contribution in [2.45, 2.75) is 43.2 Å². The second-order valence-electron chi connectivity index (χ2n) is 8.76. The summed E-state index contributed by atoms with van der Waals surface area (Å²) in [5.41, 5.74) is 1.73. The van der Waals surface area contributed by atoms with E-state index in [-0.39, 0.29) is 29.1 Å². The van der Waals surface area contributed by atoms with E-state index in [0.717, 1.165) is 36.1 Å². The number of hydrogen-bond acceptors (Lipinski definition) is 4. The topological polar surface area (TPSA) is 72.5 Å². The van der Waals surface area contributed by atoms with Crippen molar-refractivity contribution in [2.75, 3.05) is 19.8 Å². The molecule has 1 fully saturated rings. The highest BCUT2D eigenvalue weighted by Crippen LogP contribution is 2.31. The molecule has 0 atom stereocenters. The van der Waals surface area contributed by atoms with Crippen molar-refractivity contribution in [3.8, 4) is 0 Å². The van der Waals surface area contributed by atoms with Gasteiger partial charge in [-0.25, -0.2) is 13.1 Å². The van der Waals surface area contributed by atoms with Crippen molar-refractivity contribution < 1.29 is 31.1 Å². The number of carbonyl (C=O) groups excluding carboxylic acids is 1. The fraction of sp³-hybridized carbons (Fsp3) is 0.400. The molecule has 0 aromatic heterocycles. The molecule has 0 radical (unpaired) electrons. The molecule has 182 valence electrons. The van der Waals surface area contributed by atoms with Crippen molar-refractivity contribution in [1.29, 1.82) is 0 Å². The van der Waals surface area contributed by atoms with E-state index in [2.05, 4.69) is 4.72 Å². The number of hydrogen-bond donors (Lipinski definition) is 1. The number of nitrogens with one attached hydrogen (secondary N) is 1. The number of sulfonamides is 1. The van der Waals surface area contributed by atoms with Crippen LogP contribution in [0.15, 0.2) is 53.4 Å². The standard InChI is InChI=1S/C25H26F3NO4S/c26-25(27,28)21-3-1-2-18(12-21)13-22(30)14-20-15-23(34(31,32)29-16-17-4-5-17)6-7-24(20)19-8-10-33-11-9-19/h1-3,6-8,12,15,17,29H,4-5,9-11,13-14,16H2. The molecular weight excluding hydrogens is 467 g/mol. The highest BCUT2D eigenvalue weighted by molar-refractivity contribution is 7.89. The van der Waals surface area contributed by atoms with E-state index in [9.17, 15) is 26.4 Å². The molecule has 1 N–H and O–H groups in total. The second-order valence-corrected chi connectivity index (χ2v) is 10.5. The summed E-state index contributed by atoms with van der Waals surface area (Å²) in [7, 11) is -3.73. The van der Waals surface area contributed by atoms with E-state index >= 15 is 0 Å². The number of benzene rings is 2. The van der Waals surface area contributed by atoms with E-state index in [1.165, 1.54) is 24.3 Å². The highest BCUT2D eigenvalue weighted by atomic mass is 32.2. The maximum absolute atomic E-state index is 13.0. The number of halogens is 3. The largest absolute Gasteiger partial charge is 0.416 e. The second kappa shape index (κ2) is 10.0. The van der Waals surface area contributed by atoms with Crippen LogP contribution in [-0.2, 0) is 38.6 Å². The summed E-state index contributed by atoms with van der Waals surface area (Å²) in [5, 5.41) is 0. The predicted molar refractivity (Wildman–Crippen MR) is 122 cm³/mol. The molecule has 0 unspecified atom stereocenters. The van der Waals surface area contributed by atoms with Crippen LogP contribution >= 0.6 is 0 Å². The van der Waals surface area contributed by atoms with Crippen molar-refractivity contribution in [1.82, 2.24) is 4.72 Å². The van der Waals surface area contributed by atoms with E-state index in [4.69, 9.17) is 4.74 Å². The first-order valence-electron chi connectivity index (χ1n) is 11.2. The van der Waals surface area contributed by atoms with Crippen LogP contribution in [0.4, 0.5) is 13.2 Å². The van der Waals surface area contributed by atoms with Crippen LogP contribution in [0.2, 0.25) is 0 Å². The van der Waals surface area contributed by atoms with Gasteiger partial charge in [0.05, 0.1) is 23.7 Å². The summed E-state index contributed by atoms with van der Waals surface area (Å²) in [4.78, 5) is 12.9. The Hall–Kier alpha value is -2.49. The van der Waals surface area contributed by atoms with Crippen LogP contribution in [0.1, 0.15) is 41.5 Å². The monoisotopic (exact) mass is 493 g/mol. The predicted octanol–water partition coefficient (Wildman–Crippen LogP) is 4.55. The fourth-order valence-electron chi connectivity index (χ4n) is 3.96. The van der Waals surface area contributed by atoms with Gasteiger partial charge in [-0.3, -0.25) is 4.79 Å². The normalized spacial score (nSPS) is 16.9. The Morgan fingerprint density at radius 3 is 2.56 bits per heavy atom. The molecule has 2 aromatic rings. The molecule has 1 saturated carbocycles. The lowest BCUT2D eigenvalue weighted by Crippen LogP contribution is -2.26. The third kappa shape index (κ3) is 6.34. The number of ether oxygens (including phenoxy) is 1. The Kier molecular flexibility index (Phi) is 7.25. The van der Waals surface area contributed by atoms with Crippen molar-refractivity contribution in [3.63, 3.8) is 0 Å².